The van der Waals surface area contributed by atoms with Crippen molar-refractivity contribution in [2.45, 2.75) is 24.4 Å². The summed E-state index contributed by atoms with van der Waals surface area (Å²) in [5.41, 5.74) is 2.78. The van der Waals surface area contributed by atoms with E-state index in [1.54, 1.807) is 121 Å². The fourth-order valence-electron chi connectivity index (χ4n) is 6.67. The second-order valence-electron chi connectivity index (χ2n) is 14.6. The van der Waals surface area contributed by atoms with E-state index in [4.69, 9.17) is 37.9 Å². The third-order valence-electron chi connectivity index (χ3n) is 10.0. The Morgan fingerprint density at radius 2 is 0.700 bits per heavy atom. The van der Waals surface area contributed by atoms with Gasteiger partial charge in [-0.1, -0.05) is 133 Å². The fourth-order valence-corrected chi connectivity index (χ4v) is 6.67. The topological polar surface area (TPSA) is 195 Å². The van der Waals surface area contributed by atoms with E-state index in [-0.39, 0.29) is 23.0 Å². The lowest BCUT2D eigenvalue weighted by Crippen LogP contribution is -2.47. The zero-order chi connectivity index (χ0) is 49.8. The van der Waals surface area contributed by atoms with E-state index in [0.29, 0.717) is 33.4 Å². The van der Waals surface area contributed by atoms with Gasteiger partial charge in [0.05, 0.1) is 28.4 Å². The van der Waals surface area contributed by atoms with Crippen LogP contribution in [-0.2, 0) is 47.6 Å². The molecule has 0 N–H and O–H groups in total. The van der Waals surface area contributed by atoms with Crippen LogP contribution in [0.1, 0.15) is 45.6 Å². The number of carbonyl (C=O) groups excluding carboxylic acids is 6. The maximum atomic E-state index is 14.8. The van der Waals surface area contributed by atoms with E-state index in [1.165, 1.54) is 62.8 Å². The number of ether oxygens (including phenoxy) is 10. The molecule has 0 aliphatic heterocycles. The predicted molar refractivity (Wildman–Crippen MR) is 252 cm³/mol. The third kappa shape index (κ3) is 13.9. The van der Waals surface area contributed by atoms with Crippen molar-refractivity contribution in [2.24, 2.45) is 0 Å². The molecule has 16 nitrogen and oxygen atoms in total. The Kier molecular flexibility index (Phi) is 18.0. The number of hydrogen-bond acceptors (Lipinski definition) is 16. The standard InChI is InChI=1S/C54H46O16/c1-61-43-33-35(25-29-41(43)65-53(59)63-3)27-31-45(55)67-49(51(57)69-47(37-17-9-5-10-18-37)38-19-11-6-12-20-38)50(52(58)70-48(39-21-13-7-14-22-39)40-23-15-8-16-24-40)68-46(56)32-28-36-26-30-42(44(34-36)62-2)66-54(60)64-4/h5-34,47-50H,1-4H3/b31-27+,32-28+/t49-,50-/m1/s1. The van der Waals surface area contributed by atoms with Crippen molar-refractivity contribution >= 4 is 48.3 Å². The largest absolute Gasteiger partial charge is 0.513 e. The van der Waals surface area contributed by atoms with Gasteiger partial charge in [-0.3, -0.25) is 0 Å². The highest BCUT2D eigenvalue weighted by atomic mass is 16.7. The molecular weight excluding hydrogens is 905 g/mol. The molecule has 0 amide bonds. The van der Waals surface area contributed by atoms with Gasteiger partial charge in [0.2, 0.25) is 12.2 Å². The van der Waals surface area contributed by atoms with Crippen LogP contribution in [0.15, 0.2) is 170 Å². The lowest BCUT2D eigenvalue weighted by molar-refractivity contribution is -0.191. The molecule has 0 aromatic heterocycles. The quantitative estimate of drug-likeness (QED) is 0.0322. The molecule has 0 saturated carbocycles. The van der Waals surface area contributed by atoms with Crippen LogP contribution >= 0.6 is 0 Å². The highest BCUT2D eigenvalue weighted by molar-refractivity contribution is 5.95. The number of rotatable bonds is 19. The van der Waals surface area contributed by atoms with Crippen molar-refractivity contribution in [2.75, 3.05) is 28.4 Å². The minimum absolute atomic E-state index is 0.0218. The summed E-state index contributed by atoms with van der Waals surface area (Å²) < 4.78 is 53.9. The monoisotopic (exact) mass is 950 g/mol. The van der Waals surface area contributed by atoms with E-state index in [0.717, 1.165) is 26.4 Å². The molecule has 2 atom stereocenters. The molecule has 0 saturated heterocycles. The van der Waals surface area contributed by atoms with E-state index < -0.39 is 60.6 Å². The van der Waals surface area contributed by atoms with Gasteiger partial charge in [-0.2, -0.15) is 0 Å². The number of hydrogen-bond donors (Lipinski definition) is 0. The first-order chi connectivity index (χ1) is 34.0. The lowest BCUT2D eigenvalue weighted by atomic mass is 10.0. The molecule has 358 valence electrons. The van der Waals surface area contributed by atoms with Crippen LogP contribution in [-0.4, -0.2) is 76.8 Å². The second kappa shape index (κ2) is 25.1. The van der Waals surface area contributed by atoms with Crippen molar-refractivity contribution in [3.05, 3.63) is 203 Å². The van der Waals surface area contributed by atoms with Gasteiger partial charge in [0.1, 0.15) is 0 Å². The summed E-state index contributed by atoms with van der Waals surface area (Å²) in [4.78, 5) is 81.0. The predicted octanol–water partition coefficient (Wildman–Crippen LogP) is 9.21. The van der Waals surface area contributed by atoms with Gasteiger partial charge in [-0.25, -0.2) is 28.8 Å². The first kappa shape index (κ1) is 50.2. The molecule has 6 aromatic carbocycles. The van der Waals surface area contributed by atoms with Crippen LogP contribution in [0.5, 0.6) is 23.0 Å². The molecule has 6 rings (SSSR count). The van der Waals surface area contributed by atoms with E-state index in [1.807, 2.05) is 0 Å². The highest BCUT2D eigenvalue weighted by Crippen LogP contribution is 2.33. The molecule has 6 aromatic rings. The maximum absolute atomic E-state index is 14.8. The summed E-state index contributed by atoms with van der Waals surface area (Å²) in [5, 5.41) is 0. The van der Waals surface area contributed by atoms with Crippen LogP contribution in [0.2, 0.25) is 0 Å². The zero-order valence-electron chi connectivity index (χ0n) is 38.2. The first-order valence-electron chi connectivity index (χ1n) is 21.3. The summed E-state index contributed by atoms with van der Waals surface area (Å²) in [6.07, 6.45) is -4.32. The van der Waals surface area contributed by atoms with Crippen LogP contribution in [0.3, 0.4) is 0 Å². The average molecular weight is 951 g/mol. The SMILES string of the molecule is COC(=O)Oc1ccc(/C=C/C(=O)O[C@@H](C(=O)OC(c2ccccc2)c2ccccc2)[C@@H](OC(=O)/C=C/c2ccc(OC(=O)OC)c(OC)c2)C(=O)OC(c2ccccc2)c2ccccc2)cc1OC. The minimum atomic E-state index is -2.30. The van der Waals surface area contributed by atoms with Crippen LogP contribution < -0.4 is 18.9 Å². The van der Waals surface area contributed by atoms with Gasteiger partial charge in [-0.05, 0) is 69.8 Å². The molecule has 0 bridgehead atoms. The van der Waals surface area contributed by atoms with E-state index in [2.05, 4.69) is 9.47 Å². The van der Waals surface area contributed by atoms with Crippen LogP contribution in [0.25, 0.3) is 12.2 Å². The summed E-state index contributed by atoms with van der Waals surface area (Å²) in [6.45, 7) is 0. The zero-order valence-corrected chi connectivity index (χ0v) is 38.2. The minimum Gasteiger partial charge on any atom is -0.493 e. The van der Waals surface area contributed by atoms with Crippen LogP contribution in [0, 0.1) is 0 Å². The van der Waals surface area contributed by atoms with Crippen molar-refractivity contribution in [1.82, 2.24) is 0 Å². The Hall–Kier alpha value is -9.18. The summed E-state index contributed by atoms with van der Waals surface area (Å²) in [6, 6.07) is 43.4. The lowest BCUT2D eigenvalue weighted by Gasteiger charge is -2.28. The molecule has 0 unspecified atom stereocenters. The number of carbonyl (C=O) groups is 6. The Balaban J connectivity index is 1.41. The van der Waals surface area contributed by atoms with Gasteiger partial charge < -0.3 is 47.4 Å². The third-order valence-corrected chi connectivity index (χ3v) is 10.0. The molecule has 0 radical (unpaired) electrons. The smallest absolute Gasteiger partial charge is 0.493 e. The average Bonchev–Trinajstić information content (AvgIpc) is 3.40. The summed E-state index contributed by atoms with van der Waals surface area (Å²) in [7, 11) is 4.95. The van der Waals surface area contributed by atoms with Gasteiger partial charge >= 0.3 is 36.2 Å². The number of benzene rings is 6. The van der Waals surface area contributed by atoms with Gasteiger partial charge in [0, 0.05) is 12.2 Å². The van der Waals surface area contributed by atoms with Crippen molar-refractivity contribution in [3.63, 3.8) is 0 Å². The molecule has 0 aliphatic rings. The molecular formula is C54H46O16. The van der Waals surface area contributed by atoms with Gasteiger partial charge in [-0.15, -0.1) is 0 Å². The second-order valence-corrected chi connectivity index (χ2v) is 14.6. The Bertz CT molecular complexity index is 2520. The highest BCUT2D eigenvalue weighted by Gasteiger charge is 2.44. The molecule has 0 spiro atoms. The normalized spacial score (nSPS) is 11.8. The Morgan fingerprint density at radius 3 is 0.986 bits per heavy atom. The molecule has 16 heteroatoms. The number of methoxy groups -OCH3 is 4. The first-order valence-corrected chi connectivity index (χ1v) is 21.3. The molecule has 70 heavy (non-hydrogen) atoms. The van der Waals surface area contributed by atoms with E-state index in [9.17, 15) is 28.8 Å². The van der Waals surface area contributed by atoms with Crippen molar-refractivity contribution in [3.8, 4) is 23.0 Å². The Labute approximate surface area is 402 Å². The van der Waals surface area contributed by atoms with Crippen molar-refractivity contribution < 1.29 is 76.1 Å². The summed E-state index contributed by atoms with van der Waals surface area (Å²) in [5.74, 6) is -4.68. The molecule has 0 aliphatic carbocycles. The number of esters is 4. The van der Waals surface area contributed by atoms with E-state index >= 15 is 0 Å². The molecule has 0 fully saturated rings. The Morgan fingerprint density at radius 1 is 0.386 bits per heavy atom. The maximum Gasteiger partial charge on any atom is 0.513 e. The summed E-state index contributed by atoms with van der Waals surface area (Å²) >= 11 is 0. The molecule has 0 heterocycles. The van der Waals surface area contributed by atoms with Crippen LogP contribution in [0.4, 0.5) is 9.59 Å². The van der Waals surface area contributed by atoms with Crippen molar-refractivity contribution in [1.29, 1.82) is 0 Å². The van der Waals surface area contributed by atoms with Gasteiger partial charge in [0.15, 0.2) is 35.2 Å². The van der Waals surface area contributed by atoms with Gasteiger partial charge in [0.25, 0.3) is 0 Å². The fraction of sp³-hybridized carbons (Fsp3) is 0.148.